The van der Waals surface area contributed by atoms with Crippen molar-refractivity contribution in [2.75, 3.05) is 25.0 Å². The van der Waals surface area contributed by atoms with Crippen LogP contribution in [0.1, 0.15) is 16.8 Å². The summed E-state index contributed by atoms with van der Waals surface area (Å²) >= 11 is 0. The van der Waals surface area contributed by atoms with Crippen molar-refractivity contribution in [1.29, 1.82) is 0 Å². The number of amides is 1. The zero-order chi connectivity index (χ0) is 11.4. The number of pyridine rings is 1. The van der Waals surface area contributed by atoms with E-state index in [4.69, 9.17) is 5.73 Å². The van der Waals surface area contributed by atoms with E-state index < -0.39 is 5.91 Å². The summed E-state index contributed by atoms with van der Waals surface area (Å²) in [5.41, 5.74) is 5.72. The maximum atomic E-state index is 11.1. The highest BCUT2D eigenvalue weighted by molar-refractivity contribution is 5.97. The molecule has 1 saturated heterocycles. The molecule has 0 spiro atoms. The van der Waals surface area contributed by atoms with Crippen LogP contribution in [0.5, 0.6) is 0 Å². The lowest BCUT2D eigenvalue weighted by molar-refractivity contribution is 0.100. The van der Waals surface area contributed by atoms with Gasteiger partial charge in [-0.1, -0.05) is 0 Å². The van der Waals surface area contributed by atoms with E-state index >= 15 is 0 Å². The first-order valence-electron chi connectivity index (χ1n) is 5.47. The summed E-state index contributed by atoms with van der Waals surface area (Å²) in [5, 5.41) is 6.48. The van der Waals surface area contributed by atoms with Crippen LogP contribution in [0, 0.1) is 5.92 Å². The Labute approximate surface area is 94.4 Å². The van der Waals surface area contributed by atoms with Crippen molar-refractivity contribution in [3.05, 3.63) is 23.9 Å². The van der Waals surface area contributed by atoms with Crippen LogP contribution in [0.4, 0.5) is 5.82 Å². The van der Waals surface area contributed by atoms with Crippen molar-refractivity contribution in [1.82, 2.24) is 10.3 Å². The van der Waals surface area contributed by atoms with E-state index in [0.717, 1.165) is 26.1 Å². The van der Waals surface area contributed by atoms with Gasteiger partial charge in [0.25, 0.3) is 5.91 Å². The van der Waals surface area contributed by atoms with Gasteiger partial charge in [0.1, 0.15) is 5.82 Å². The number of hydrogen-bond acceptors (Lipinski definition) is 4. The summed E-state index contributed by atoms with van der Waals surface area (Å²) in [7, 11) is 0. The van der Waals surface area contributed by atoms with Gasteiger partial charge in [0.2, 0.25) is 0 Å². The van der Waals surface area contributed by atoms with Crippen LogP contribution in [-0.2, 0) is 0 Å². The van der Waals surface area contributed by atoms with E-state index in [-0.39, 0.29) is 0 Å². The van der Waals surface area contributed by atoms with Crippen molar-refractivity contribution < 1.29 is 4.79 Å². The van der Waals surface area contributed by atoms with Crippen LogP contribution in [-0.4, -0.2) is 30.5 Å². The fourth-order valence-corrected chi connectivity index (χ4v) is 1.87. The number of anilines is 1. The topological polar surface area (TPSA) is 80.0 Å². The molecule has 5 heteroatoms. The summed E-state index contributed by atoms with van der Waals surface area (Å²) in [4.78, 5) is 15.3. The van der Waals surface area contributed by atoms with Gasteiger partial charge in [-0.05, 0) is 37.6 Å². The number of aromatic nitrogens is 1. The first kappa shape index (κ1) is 10.9. The summed E-state index contributed by atoms with van der Waals surface area (Å²) < 4.78 is 0. The van der Waals surface area contributed by atoms with Gasteiger partial charge in [-0.25, -0.2) is 4.98 Å². The standard InChI is InChI=1S/C11H16N4O/c12-10(16)9-2-1-4-14-11(9)15-7-8-3-5-13-6-8/h1-2,4,8,13H,3,5-7H2,(H2,12,16)(H,14,15). The van der Waals surface area contributed by atoms with Gasteiger partial charge in [0, 0.05) is 12.7 Å². The predicted molar refractivity (Wildman–Crippen MR) is 62.2 cm³/mol. The third-order valence-electron chi connectivity index (χ3n) is 2.79. The van der Waals surface area contributed by atoms with Crippen LogP contribution < -0.4 is 16.4 Å². The SMILES string of the molecule is NC(=O)c1cccnc1NCC1CCNC1. The minimum Gasteiger partial charge on any atom is -0.369 e. The number of hydrogen-bond donors (Lipinski definition) is 3. The summed E-state index contributed by atoms with van der Waals surface area (Å²) in [6, 6.07) is 3.40. The molecule has 5 nitrogen and oxygen atoms in total. The Hall–Kier alpha value is -1.62. The lowest BCUT2D eigenvalue weighted by Gasteiger charge is -2.12. The van der Waals surface area contributed by atoms with Crippen molar-refractivity contribution in [2.24, 2.45) is 11.7 Å². The predicted octanol–water partition coefficient (Wildman–Crippen LogP) is 0.202. The molecule has 1 atom stereocenters. The molecule has 16 heavy (non-hydrogen) atoms. The highest BCUT2D eigenvalue weighted by Gasteiger charge is 2.15. The molecule has 4 N–H and O–H groups in total. The second kappa shape index (κ2) is 4.94. The smallest absolute Gasteiger partial charge is 0.252 e. The van der Waals surface area contributed by atoms with Gasteiger partial charge in [0.15, 0.2) is 0 Å². The monoisotopic (exact) mass is 220 g/mol. The maximum Gasteiger partial charge on any atom is 0.252 e. The molecule has 0 saturated carbocycles. The first-order valence-corrected chi connectivity index (χ1v) is 5.47. The molecule has 2 rings (SSSR count). The van der Waals surface area contributed by atoms with Crippen LogP contribution in [0.25, 0.3) is 0 Å². The van der Waals surface area contributed by atoms with Gasteiger partial charge in [0.05, 0.1) is 5.56 Å². The lowest BCUT2D eigenvalue weighted by atomic mass is 10.1. The molecule has 1 aromatic heterocycles. The molecule has 1 fully saturated rings. The van der Waals surface area contributed by atoms with Gasteiger partial charge in [-0.15, -0.1) is 0 Å². The molecule has 1 aliphatic heterocycles. The largest absolute Gasteiger partial charge is 0.369 e. The molecule has 1 aromatic rings. The van der Waals surface area contributed by atoms with Crippen LogP contribution in [0.3, 0.4) is 0 Å². The number of carbonyl (C=O) groups excluding carboxylic acids is 1. The number of nitrogens with one attached hydrogen (secondary N) is 2. The van der Waals surface area contributed by atoms with Crippen molar-refractivity contribution in [3.8, 4) is 0 Å². The zero-order valence-electron chi connectivity index (χ0n) is 9.07. The van der Waals surface area contributed by atoms with Gasteiger partial charge >= 0.3 is 0 Å². The number of nitrogens with zero attached hydrogens (tertiary/aromatic N) is 1. The molecular weight excluding hydrogens is 204 g/mol. The Balaban J connectivity index is 2.00. The number of nitrogens with two attached hydrogens (primary N) is 1. The molecule has 0 radical (unpaired) electrons. The first-order chi connectivity index (χ1) is 7.77. The van der Waals surface area contributed by atoms with E-state index in [2.05, 4.69) is 15.6 Å². The Morgan fingerprint density at radius 2 is 2.56 bits per heavy atom. The number of primary amides is 1. The van der Waals surface area contributed by atoms with Crippen molar-refractivity contribution >= 4 is 11.7 Å². The molecule has 2 heterocycles. The molecular formula is C11H16N4O. The average molecular weight is 220 g/mol. The molecule has 86 valence electrons. The van der Waals surface area contributed by atoms with Crippen molar-refractivity contribution in [2.45, 2.75) is 6.42 Å². The Morgan fingerprint density at radius 3 is 3.25 bits per heavy atom. The second-order valence-corrected chi connectivity index (χ2v) is 4.00. The van der Waals surface area contributed by atoms with Crippen LogP contribution >= 0.6 is 0 Å². The third-order valence-corrected chi connectivity index (χ3v) is 2.79. The van der Waals surface area contributed by atoms with Gasteiger partial charge in [-0.2, -0.15) is 0 Å². The van der Waals surface area contributed by atoms with E-state index in [1.807, 2.05) is 0 Å². The van der Waals surface area contributed by atoms with E-state index in [1.165, 1.54) is 0 Å². The average Bonchev–Trinajstić information content (AvgIpc) is 2.79. The zero-order valence-corrected chi connectivity index (χ0v) is 9.07. The highest BCUT2D eigenvalue weighted by Crippen LogP contribution is 2.13. The molecule has 1 amide bonds. The van der Waals surface area contributed by atoms with E-state index in [1.54, 1.807) is 18.3 Å². The normalized spacial score (nSPS) is 19.6. The van der Waals surface area contributed by atoms with Crippen molar-refractivity contribution in [3.63, 3.8) is 0 Å². The van der Waals surface area contributed by atoms with E-state index in [9.17, 15) is 4.79 Å². The van der Waals surface area contributed by atoms with Gasteiger partial charge in [-0.3, -0.25) is 4.79 Å². The summed E-state index contributed by atoms with van der Waals surface area (Å²) in [6.45, 7) is 2.91. The van der Waals surface area contributed by atoms with E-state index in [0.29, 0.717) is 17.3 Å². The Bertz CT molecular complexity index is 374. The number of rotatable bonds is 4. The lowest BCUT2D eigenvalue weighted by Crippen LogP contribution is -2.20. The number of carbonyl (C=O) groups is 1. The summed E-state index contributed by atoms with van der Waals surface area (Å²) in [5.74, 6) is 0.741. The third kappa shape index (κ3) is 2.49. The molecule has 0 bridgehead atoms. The van der Waals surface area contributed by atoms with Gasteiger partial charge < -0.3 is 16.4 Å². The summed E-state index contributed by atoms with van der Waals surface area (Å²) in [6.07, 6.45) is 2.81. The Morgan fingerprint density at radius 1 is 1.69 bits per heavy atom. The minimum atomic E-state index is -0.444. The second-order valence-electron chi connectivity index (χ2n) is 4.00. The Kier molecular flexibility index (Phi) is 3.36. The fraction of sp³-hybridized carbons (Fsp3) is 0.455. The van der Waals surface area contributed by atoms with Crippen LogP contribution in [0.15, 0.2) is 18.3 Å². The fourth-order valence-electron chi connectivity index (χ4n) is 1.87. The molecule has 1 unspecified atom stereocenters. The maximum absolute atomic E-state index is 11.1. The van der Waals surface area contributed by atoms with Crippen LogP contribution in [0.2, 0.25) is 0 Å². The molecule has 0 aliphatic carbocycles. The molecule has 1 aliphatic rings. The highest BCUT2D eigenvalue weighted by atomic mass is 16.1. The molecule has 0 aromatic carbocycles. The quantitative estimate of drug-likeness (QED) is 0.677. The minimum absolute atomic E-state index is 0.444.